The molecule has 1 heteroatoms. The summed E-state index contributed by atoms with van der Waals surface area (Å²) in [6, 6.07) is 0. The van der Waals surface area contributed by atoms with Crippen LogP contribution in [-0.2, 0) is 0 Å². The summed E-state index contributed by atoms with van der Waals surface area (Å²) in [6.07, 6.45) is 8.72. The highest BCUT2D eigenvalue weighted by atomic mass is 19.1. The average Bonchev–Trinajstić information content (AvgIpc) is 2.68. The molecule has 0 heterocycles. The SMILES string of the molecule is FC1=CC[CH]C(C2CC2)=C1. The van der Waals surface area contributed by atoms with Gasteiger partial charge in [0.1, 0.15) is 5.83 Å². The van der Waals surface area contributed by atoms with E-state index in [1.54, 1.807) is 12.2 Å². The Morgan fingerprint density at radius 3 is 2.80 bits per heavy atom. The van der Waals surface area contributed by atoms with Crippen LogP contribution in [0.3, 0.4) is 0 Å². The maximum Gasteiger partial charge on any atom is 0.119 e. The van der Waals surface area contributed by atoms with E-state index in [1.807, 2.05) is 0 Å². The second-order valence-electron chi connectivity index (χ2n) is 2.95. The van der Waals surface area contributed by atoms with E-state index in [-0.39, 0.29) is 5.83 Å². The van der Waals surface area contributed by atoms with Gasteiger partial charge in [-0.2, -0.15) is 0 Å². The van der Waals surface area contributed by atoms with E-state index in [1.165, 1.54) is 18.4 Å². The monoisotopic (exact) mass is 137 g/mol. The van der Waals surface area contributed by atoms with E-state index in [9.17, 15) is 4.39 Å². The van der Waals surface area contributed by atoms with E-state index in [0.717, 1.165) is 6.42 Å². The molecule has 0 amide bonds. The summed E-state index contributed by atoms with van der Waals surface area (Å²) < 4.78 is 12.6. The van der Waals surface area contributed by atoms with Crippen LogP contribution in [0.1, 0.15) is 19.3 Å². The van der Waals surface area contributed by atoms with Gasteiger partial charge in [-0.25, -0.2) is 4.39 Å². The Morgan fingerprint density at radius 1 is 1.40 bits per heavy atom. The van der Waals surface area contributed by atoms with Crippen molar-refractivity contribution in [2.24, 2.45) is 5.92 Å². The smallest absolute Gasteiger partial charge is 0.119 e. The summed E-state index contributed by atoms with van der Waals surface area (Å²) in [5.74, 6) is 0.642. The molecule has 0 aromatic rings. The normalized spacial score (nSPS) is 25.7. The molecule has 0 atom stereocenters. The van der Waals surface area contributed by atoms with Gasteiger partial charge < -0.3 is 0 Å². The molecule has 0 bridgehead atoms. The van der Waals surface area contributed by atoms with E-state index in [4.69, 9.17) is 0 Å². The highest BCUT2D eigenvalue weighted by Crippen LogP contribution is 2.40. The minimum absolute atomic E-state index is 0.0515. The van der Waals surface area contributed by atoms with Gasteiger partial charge in [-0.3, -0.25) is 0 Å². The lowest BCUT2D eigenvalue weighted by Gasteiger charge is -2.06. The van der Waals surface area contributed by atoms with Crippen molar-refractivity contribution in [2.75, 3.05) is 0 Å². The van der Waals surface area contributed by atoms with Crippen LogP contribution in [-0.4, -0.2) is 0 Å². The number of rotatable bonds is 1. The van der Waals surface area contributed by atoms with Crippen LogP contribution in [0.4, 0.5) is 4.39 Å². The maximum absolute atomic E-state index is 12.6. The fraction of sp³-hybridized carbons (Fsp3) is 0.444. The molecule has 0 unspecified atom stereocenters. The van der Waals surface area contributed by atoms with E-state index in [2.05, 4.69) is 6.42 Å². The van der Waals surface area contributed by atoms with Gasteiger partial charge in [0.15, 0.2) is 0 Å². The Kier molecular flexibility index (Phi) is 1.37. The lowest BCUT2D eigenvalue weighted by molar-refractivity contribution is 0.652. The van der Waals surface area contributed by atoms with Gasteiger partial charge in [-0.1, -0.05) is 5.57 Å². The predicted molar refractivity (Wildman–Crippen MR) is 38.9 cm³/mol. The molecule has 0 aliphatic heterocycles. The third-order valence-corrected chi connectivity index (χ3v) is 2.02. The van der Waals surface area contributed by atoms with Gasteiger partial charge >= 0.3 is 0 Å². The van der Waals surface area contributed by atoms with Crippen molar-refractivity contribution in [3.8, 4) is 0 Å². The van der Waals surface area contributed by atoms with Crippen LogP contribution < -0.4 is 0 Å². The minimum Gasteiger partial charge on any atom is -0.207 e. The van der Waals surface area contributed by atoms with Crippen LogP contribution in [0.25, 0.3) is 0 Å². The predicted octanol–water partition coefficient (Wildman–Crippen LogP) is 2.78. The Hall–Kier alpha value is -0.590. The van der Waals surface area contributed by atoms with Crippen molar-refractivity contribution in [3.05, 3.63) is 30.0 Å². The van der Waals surface area contributed by atoms with E-state index in [0.29, 0.717) is 5.92 Å². The molecule has 10 heavy (non-hydrogen) atoms. The van der Waals surface area contributed by atoms with Crippen molar-refractivity contribution in [3.63, 3.8) is 0 Å². The van der Waals surface area contributed by atoms with Crippen LogP contribution in [0.15, 0.2) is 23.6 Å². The Morgan fingerprint density at radius 2 is 2.20 bits per heavy atom. The fourth-order valence-corrected chi connectivity index (χ4v) is 1.29. The summed E-state index contributed by atoms with van der Waals surface area (Å²) in [5.41, 5.74) is 1.22. The topological polar surface area (TPSA) is 0 Å². The molecule has 1 saturated carbocycles. The van der Waals surface area contributed by atoms with Crippen LogP contribution in [0, 0.1) is 12.3 Å². The molecule has 2 aliphatic rings. The zero-order chi connectivity index (χ0) is 6.97. The molecule has 1 fully saturated rings. The number of halogens is 1. The number of hydrogen-bond donors (Lipinski definition) is 0. The third kappa shape index (κ3) is 1.13. The molecule has 0 aromatic heterocycles. The van der Waals surface area contributed by atoms with Crippen molar-refractivity contribution >= 4 is 0 Å². The third-order valence-electron chi connectivity index (χ3n) is 2.02. The molecule has 2 aliphatic carbocycles. The minimum atomic E-state index is -0.0515. The quantitative estimate of drug-likeness (QED) is 0.521. The standard InChI is InChI=1S/C9H10F/c10-9-3-1-2-8(6-9)7-4-5-7/h2-3,6-7H,1,4-5H2. The Labute approximate surface area is 60.4 Å². The largest absolute Gasteiger partial charge is 0.207 e. The first kappa shape index (κ1) is 6.14. The summed E-state index contributed by atoms with van der Waals surface area (Å²) in [5, 5.41) is 0. The Balaban J connectivity index is 2.12. The first-order chi connectivity index (χ1) is 4.86. The van der Waals surface area contributed by atoms with Gasteiger partial charge in [0, 0.05) is 0 Å². The van der Waals surface area contributed by atoms with Gasteiger partial charge in [-0.15, -0.1) is 0 Å². The number of hydrogen-bond acceptors (Lipinski definition) is 0. The number of allylic oxidation sites excluding steroid dienone is 4. The van der Waals surface area contributed by atoms with Gasteiger partial charge in [-0.05, 0) is 43.8 Å². The molecular weight excluding hydrogens is 127 g/mol. The highest BCUT2D eigenvalue weighted by molar-refractivity contribution is 5.33. The molecule has 0 saturated heterocycles. The van der Waals surface area contributed by atoms with Crippen molar-refractivity contribution < 1.29 is 4.39 Å². The van der Waals surface area contributed by atoms with Crippen molar-refractivity contribution in [1.82, 2.24) is 0 Å². The van der Waals surface area contributed by atoms with Crippen LogP contribution in [0.2, 0.25) is 0 Å². The average molecular weight is 137 g/mol. The first-order valence-corrected chi connectivity index (χ1v) is 3.77. The summed E-state index contributed by atoms with van der Waals surface area (Å²) in [7, 11) is 0. The zero-order valence-corrected chi connectivity index (χ0v) is 5.81. The lowest BCUT2D eigenvalue weighted by atomic mass is 10.0. The second kappa shape index (κ2) is 2.22. The lowest BCUT2D eigenvalue weighted by Crippen LogP contribution is -1.92. The first-order valence-electron chi connectivity index (χ1n) is 3.77. The van der Waals surface area contributed by atoms with Gasteiger partial charge in [0.05, 0.1) is 0 Å². The van der Waals surface area contributed by atoms with Gasteiger partial charge in [0.2, 0.25) is 0 Å². The van der Waals surface area contributed by atoms with E-state index >= 15 is 0 Å². The fourth-order valence-electron chi connectivity index (χ4n) is 1.29. The zero-order valence-electron chi connectivity index (χ0n) is 5.81. The maximum atomic E-state index is 12.6. The van der Waals surface area contributed by atoms with Crippen molar-refractivity contribution in [2.45, 2.75) is 19.3 Å². The molecular formula is C9H10F. The molecule has 0 N–H and O–H groups in total. The molecule has 2 rings (SSSR count). The summed E-state index contributed by atoms with van der Waals surface area (Å²) in [4.78, 5) is 0. The highest BCUT2D eigenvalue weighted by Gasteiger charge is 2.26. The second-order valence-corrected chi connectivity index (χ2v) is 2.95. The molecule has 1 radical (unpaired) electrons. The summed E-state index contributed by atoms with van der Waals surface area (Å²) >= 11 is 0. The van der Waals surface area contributed by atoms with Crippen molar-refractivity contribution in [1.29, 1.82) is 0 Å². The van der Waals surface area contributed by atoms with Crippen LogP contribution >= 0.6 is 0 Å². The van der Waals surface area contributed by atoms with Gasteiger partial charge in [0.25, 0.3) is 0 Å². The Bertz CT molecular complexity index is 197. The summed E-state index contributed by atoms with van der Waals surface area (Å²) in [6.45, 7) is 0. The van der Waals surface area contributed by atoms with Crippen LogP contribution in [0.5, 0.6) is 0 Å². The van der Waals surface area contributed by atoms with E-state index < -0.39 is 0 Å². The molecule has 0 spiro atoms. The molecule has 0 aromatic carbocycles. The molecule has 53 valence electrons. The molecule has 0 nitrogen and oxygen atoms in total.